The molecular weight excluding hydrogens is 424 g/mol. The van der Waals surface area contributed by atoms with Gasteiger partial charge in [0, 0.05) is 43.6 Å². The second-order valence-corrected chi connectivity index (χ2v) is 8.94. The van der Waals surface area contributed by atoms with Crippen molar-refractivity contribution in [3.8, 4) is 11.3 Å². The average Bonchev–Trinajstić information content (AvgIpc) is 3.36. The summed E-state index contributed by atoms with van der Waals surface area (Å²) in [6.45, 7) is 6.39. The summed E-state index contributed by atoms with van der Waals surface area (Å²) in [6, 6.07) is 12.8. The molecule has 0 radical (unpaired) electrons. The number of aryl methyl sites for hydroxylation is 2. The van der Waals surface area contributed by atoms with Crippen LogP contribution >= 0.6 is 11.3 Å². The van der Waals surface area contributed by atoms with E-state index < -0.39 is 0 Å². The highest BCUT2D eigenvalue weighted by molar-refractivity contribution is 7.07. The van der Waals surface area contributed by atoms with Gasteiger partial charge in [-0.2, -0.15) is 0 Å². The van der Waals surface area contributed by atoms with Gasteiger partial charge < -0.3 is 9.47 Å². The van der Waals surface area contributed by atoms with Crippen LogP contribution < -0.4 is 4.80 Å². The first kappa shape index (κ1) is 22.0. The molecule has 0 spiro atoms. The summed E-state index contributed by atoms with van der Waals surface area (Å²) in [7, 11) is 0. The summed E-state index contributed by atoms with van der Waals surface area (Å²) in [5.74, 6) is 0.233. The maximum Gasteiger partial charge on any atom is 0.269 e. The number of hydrogen-bond acceptors (Lipinski definition) is 5. The summed E-state index contributed by atoms with van der Waals surface area (Å²) in [5.41, 5.74) is 5.19. The van der Waals surface area contributed by atoms with Gasteiger partial charge in [0.15, 0.2) is 4.80 Å². The molecule has 0 unspecified atom stereocenters. The fourth-order valence-electron chi connectivity index (χ4n) is 4.01. The van der Waals surface area contributed by atoms with Crippen LogP contribution in [0, 0.1) is 24.0 Å². The molecule has 0 aliphatic carbocycles. The third-order valence-corrected chi connectivity index (χ3v) is 6.58. The van der Waals surface area contributed by atoms with E-state index in [0.29, 0.717) is 13.0 Å². The van der Waals surface area contributed by atoms with Gasteiger partial charge in [-0.1, -0.05) is 17.7 Å². The Kier molecular flexibility index (Phi) is 6.50. The first-order valence-electron chi connectivity index (χ1n) is 10.8. The number of nitrogens with zero attached hydrogens (tertiary/aromatic N) is 4. The standard InChI is InChI=1S/C24H26N4O3S/c1-17-6-11-21(18(2)15-17)25-24-27(14-4-13-26-12-3-5-23(26)29)22(16-32-24)19-7-9-20(10-8-19)28(30)31/h6-11,15-16H,3-5,12-14H2,1-2H3. The number of likely N-dealkylation sites (tertiary alicyclic amines) is 1. The van der Waals surface area contributed by atoms with E-state index in [0.717, 1.165) is 53.2 Å². The molecule has 1 amide bonds. The predicted molar refractivity (Wildman–Crippen MR) is 126 cm³/mol. The van der Waals surface area contributed by atoms with Gasteiger partial charge in [-0.25, -0.2) is 4.99 Å². The quantitative estimate of drug-likeness (QED) is 0.376. The number of aromatic nitrogens is 1. The van der Waals surface area contributed by atoms with E-state index in [1.165, 1.54) is 17.7 Å². The lowest BCUT2D eigenvalue weighted by molar-refractivity contribution is -0.384. The van der Waals surface area contributed by atoms with E-state index in [2.05, 4.69) is 30.5 Å². The molecule has 1 saturated heterocycles. The second-order valence-electron chi connectivity index (χ2n) is 8.10. The van der Waals surface area contributed by atoms with E-state index in [9.17, 15) is 14.9 Å². The van der Waals surface area contributed by atoms with E-state index in [1.54, 1.807) is 23.5 Å². The van der Waals surface area contributed by atoms with Crippen molar-refractivity contribution in [2.24, 2.45) is 4.99 Å². The molecule has 8 heteroatoms. The molecule has 2 aromatic carbocycles. The number of rotatable bonds is 7. The molecule has 1 aliphatic rings. The molecule has 1 aromatic heterocycles. The van der Waals surface area contributed by atoms with Gasteiger partial charge in [0.2, 0.25) is 5.91 Å². The molecule has 0 saturated carbocycles. The molecule has 1 fully saturated rings. The Morgan fingerprint density at radius 3 is 2.56 bits per heavy atom. The molecule has 2 heterocycles. The van der Waals surface area contributed by atoms with Crippen molar-refractivity contribution < 1.29 is 9.72 Å². The number of hydrogen-bond donors (Lipinski definition) is 0. The molecule has 1 aliphatic heterocycles. The van der Waals surface area contributed by atoms with Crippen LogP contribution in [0.25, 0.3) is 11.3 Å². The number of nitro groups is 1. The molecule has 0 N–H and O–H groups in total. The van der Waals surface area contributed by atoms with Crippen LogP contribution in [0.3, 0.4) is 0 Å². The first-order valence-corrected chi connectivity index (χ1v) is 11.6. The van der Waals surface area contributed by atoms with Crippen LogP contribution in [0.15, 0.2) is 52.8 Å². The summed E-state index contributed by atoms with van der Waals surface area (Å²) >= 11 is 1.55. The lowest BCUT2D eigenvalue weighted by Crippen LogP contribution is -2.27. The third-order valence-electron chi connectivity index (χ3n) is 5.72. The number of benzene rings is 2. The first-order chi connectivity index (χ1) is 15.4. The Balaban J connectivity index is 1.68. The molecule has 32 heavy (non-hydrogen) atoms. The van der Waals surface area contributed by atoms with Gasteiger partial charge in [0.05, 0.1) is 16.3 Å². The predicted octanol–water partition coefficient (Wildman–Crippen LogP) is 4.99. The maximum atomic E-state index is 12.0. The van der Waals surface area contributed by atoms with E-state index in [-0.39, 0.29) is 16.5 Å². The fourth-order valence-corrected chi connectivity index (χ4v) is 4.96. The summed E-state index contributed by atoms with van der Waals surface area (Å²) in [4.78, 5) is 30.3. The van der Waals surface area contributed by atoms with Gasteiger partial charge in [-0.15, -0.1) is 11.3 Å². The Bertz CT molecular complexity index is 1210. The summed E-state index contributed by atoms with van der Waals surface area (Å²) < 4.78 is 2.16. The third kappa shape index (κ3) is 4.80. The van der Waals surface area contributed by atoms with Crippen molar-refractivity contribution >= 4 is 28.6 Å². The van der Waals surface area contributed by atoms with Crippen molar-refractivity contribution in [3.05, 3.63) is 73.9 Å². The molecule has 4 rings (SSSR count). The number of carbonyl (C=O) groups excluding carboxylic acids is 1. The lowest BCUT2D eigenvalue weighted by atomic mass is 10.1. The zero-order chi connectivity index (χ0) is 22.7. The number of amides is 1. The van der Waals surface area contributed by atoms with E-state index >= 15 is 0 Å². The highest BCUT2D eigenvalue weighted by Gasteiger charge is 2.19. The van der Waals surface area contributed by atoms with Gasteiger partial charge >= 0.3 is 0 Å². The van der Waals surface area contributed by atoms with Crippen LogP contribution in [0.1, 0.15) is 30.4 Å². The lowest BCUT2D eigenvalue weighted by Gasteiger charge is -2.16. The van der Waals surface area contributed by atoms with E-state index in [1.807, 2.05) is 16.3 Å². The SMILES string of the molecule is Cc1ccc(N=c2scc(-c3ccc([N+](=O)[O-])cc3)n2CCCN2CCCC2=O)c(C)c1. The summed E-state index contributed by atoms with van der Waals surface area (Å²) in [6.07, 6.45) is 2.40. The molecule has 3 aromatic rings. The molecule has 7 nitrogen and oxygen atoms in total. The Morgan fingerprint density at radius 1 is 1.12 bits per heavy atom. The zero-order valence-corrected chi connectivity index (χ0v) is 19.1. The second kappa shape index (κ2) is 9.48. The van der Waals surface area contributed by atoms with Gasteiger partial charge in [0.25, 0.3) is 5.69 Å². The van der Waals surface area contributed by atoms with Gasteiger partial charge in [-0.05, 0) is 56.0 Å². The Hall–Kier alpha value is -3.26. The number of non-ortho nitro benzene ring substituents is 1. The molecular formula is C24H26N4O3S. The Labute approximate surface area is 190 Å². The highest BCUT2D eigenvalue weighted by Crippen LogP contribution is 2.25. The molecule has 0 atom stereocenters. The topological polar surface area (TPSA) is 80.7 Å². The molecule has 0 bridgehead atoms. The van der Waals surface area contributed by atoms with Crippen molar-refractivity contribution in [1.29, 1.82) is 0 Å². The Morgan fingerprint density at radius 2 is 1.91 bits per heavy atom. The normalized spacial score (nSPS) is 14.4. The maximum absolute atomic E-state index is 12.0. The number of thiazole rings is 1. The van der Waals surface area contributed by atoms with Gasteiger partial charge in [0.1, 0.15) is 0 Å². The molecule has 166 valence electrons. The van der Waals surface area contributed by atoms with Gasteiger partial charge in [-0.3, -0.25) is 14.9 Å². The van der Waals surface area contributed by atoms with Crippen LogP contribution in [0.4, 0.5) is 11.4 Å². The van der Waals surface area contributed by atoms with Crippen LogP contribution in [0.2, 0.25) is 0 Å². The van der Waals surface area contributed by atoms with Crippen molar-refractivity contribution in [3.63, 3.8) is 0 Å². The fraction of sp³-hybridized carbons (Fsp3) is 0.333. The van der Waals surface area contributed by atoms with Crippen molar-refractivity contribution in [2.75, 3.05) is 13.1 Å². The van der Waals surface area contributed by atoms with Crippen LogP contribution in [-0.2, 0) is 11.3 Å². The number of nitro benzene ring substituents is 1. The largest absolute Gasteiger partial charge is 0.343 e. The zero-order valence-electron chi connectivity index (χ0n) is 18.3. The van der Waals surface area contributed by atoms with Crippen molar-refractivity contribution in [1.82, 2.24) is 9.47 Å². The minimum atomic E-state index is -0.389. The van der Waals surface area contributed by atoms with E-state index in [4.69, 9.17) is 4.99 Å². The highest BCUT2D eigenvalue weighted by atomic mass is 32.1. The van der Waals surface area contributed by atoms with Crippen LogP contribution in [0.5, 0.6) is 0 Å². The minimum absolute atomic E-state index is 0.0725. The van der Waals surface area contributed by atoms with Crippen molar-refractivity contribution in [2.45, 2.75) is 39.7 Å². The number of carbonyl (C=O) groups is 1. The monoisotopic (exact) mass is 450 g/mol. The smallest absolute Gasteiger partial charge is 0.269 e. The average molecular weight is 451 g/mol. The minimum Gasteiger partial charge on any atom is -0.343 e. The summed E-state index contributed by atoms with van der Waals surface area (Å²) in [5, 5.41) is 13.1. The van der Waals surface area contributed by atoms with Crippen LogP contribution in [-0.4, -0.2) is 33.4 Å².